The average molecular weight is 500 g/mol. The largest absolute Gasteiger partial charge is 0.469 e. The smallest absolute Gasteiger partial charge is 0.308 e. The number of ketones is 1. The zero-order valence-electron chi connectivity index (χ0n) is 21.3. The third-order valence-electron chi connectivity index (χ3n) is 5.85. The molecule has 9 nitrogen and oxygen atoms in total. The third-order valence-corrected chi connectivity index (χ3v) is 11.5. The summed E-state index contributed by atoms with van der Waals surface area (Å²) in [6.07, 6.45) is 3.54. The van der Waals surface area contributed by atoms with Crippen molar-refractivity contribution in [3.05, 3.63) is 23.0 Å². The first kappa shape index (κ1) is 28.9. The number of methoxy groups -OCH3 is 1. The van der Waals surface area contributed by atoms with E-state index < -0.39 is 30.4 Å². The number of sulfonamides is 1. The molecule has 1 heterocycles. The van der Waals surface area contributed by atoms with Gasteiger partial charge in [0.05, 0.1) is 37.3 Å². The average Bonchev–Trinajstić information content (AvgIpc) is 2.64. The lowest BCUT2D eigenvalue weighted by molar-refractivity contribution is -0.142. The van der Waals surface area contributed by atoms with Crippen LogP contribution < -0.4 is 4.31 Å². The Hall–Kier alpha value is -2.11. The van der Waals surface area contributed by atoms with Crippen molar-refractivity contribution in [2.45, 2.75) is 71.7 Å². The fourth-order valence-corrected chi connectivity index (χ4v) is 4.46. The highest BCUT2D eigenvalue weighted by Crippen LogP contribution is 2.38. The number of rotatable bonds is 10. The molecule has 0 spiro atoms. The normalized spacial score (nSPS) is 13.8. The highest BCUT2D eigenvalue weighted by molar-refractivity contribution is 7.92. The molecule has 0 aliphatic heterocycles. The van der Waals surface area contributed by atoms with Gasteiger partial charge in [-0.3, -0.25) is 9.59 Å². The van der Waals surface area contributed by atoms with Crippen LogP contribution in [0.4, 0.5) is 5.95 Å². The molecule has 0 fully saturated rings. The lowest BCUT2D eigenvalue weighted by Gasteiger charge is -2.39. The van der Waals surface area contributed by atoms with Gasteiger partial charge in [0.15, 0.2) is 14.1 Å². The van der Waals surface area contributed by atoms with Gasteiger partial charge in [0, 0.05) is 19.0 Å². The van der Waals surface area contributed by atoms with Crippen molar-refractivity contribution >= 4 is 42.1 Å². The SMILES string of the molecule is COC(=O)C[C@@H](CC(=O)/C=C/c1c(C)nc(N(C)S(C)(=O)=O)nc1C)O[Si](C)(C)C(C)(C)C. The summed E-state index contributed by atoms with van der Waals surface area (Å²) in [5.41, 5.74) is 1.71. The summed E-state index contributed by atoms with van der Waals surface area (Å²) in [6.45, 7) is 13.8. The quantitative estimate of drug-likeness (QED) is 0.273. The second kappa shape index (κ2) is 10.9. The highest BCUT2D eigenvalue weighted by Gasteiger charge is 2.39. The van der Waals surface area contributed by atoms with Gasteiger partial charge < -0.3 is 9.16 Å². The van der Waals surface area contributed by atoms with Gasteiger partial charge in [0.1, 0.15) is 0 Å². The Morgan fingerprint density at radius 3 is 2.06 bits per heavy atom. The monoisotopic (exact) mass is 499 g/mol. The third kappa shape index (κ3) is 8.31. The van der Waals surface area contributed by atoms with E-state index in [1.165, 1.54) is 20.2 Å². The van der Waals surface area contributed by atoms with E-state index in [0.29, 0.717) is 17.0 Å². The molecular formula is C22H37N3O6SSi. The number of nitrogens with zero attached hydrogens (tertiary/aromatic N) is 3. The van der Waals surface area contributed by atoms with Crippen molar-refractivity contribution in [2.24, 2.45) is 0 Å². The molecule has 0 bridgehead atoms. The van der Waals surface area contributed by atoms with Gasteiger partial charge in [-0.05, 0) is 44.1 Å². The molecule has 0 saturated carbocycles. The molecule has 1 rings (SSSR count). The Morgan fingerprint density at radius 1 is 1.12 bits per heavy atom. The highest BCUT2D eigenvalue weighted by atomic mass is 32.2. The van der Waals surface area contributed by atoms with E-state index >= 15 is 0 Å². The van der Waals surface area contributed by atoms with Crippen molar-refractivity contribution < 1.29 is 27.2 Å². The van der Waals surface area contributed by atoms with E-state index in [1.54, 1.807) is 19.9 Å². The Bertz CT molecular complexity index is 992. The maximum atomic E-state index is 12.7. The van der Waals surface area contributed by atoms with E-state index in [9.17, 15) is 18.0 Å². The number of aromatic nitrogens is 2. The molecule has 0 amide bonds. The van der Waals surface area contributed by atoms with Crippen LogP contribution >= 0.6 is 0 Å². The van der Waals surface area contributed by atoms with Crippen LogP contribution in [0.5, 0.6) is 0 Å². The second-order valence-electron chi connectivity index (χ2n) is 9.62. The number of carbonyl (C=O) groups is 2. The molecule has 1 aromatic heterocycles. The minimum atomic E-state index is -3.49. The van der Waals surface area contributed by atoms with E-state index in [4.69, 9.17) is 9.16 Å². The summed E-state index contributed by atoms with van der Waals surface area (Å²) in [6, 6.07) is 0. The Labute approximate surface area is 198 Å². The van der Waals surface area contributed by atoms with Crippen molar-refractivity contribution in [2.75, 3.05) is 24.7 Å². The van der Waals surface area contributed by atoms with Gasteiger partial charge in [-0.25, -0.2) is 22.7 Å². The molecule has 0 saturated heterocycles. The second-order valence-corrected chi connectivity index (χ2v) is 16.4. The number of carbonyl (C=O) groups excluding carboxylic acids is 2. The summed E-state index contributed by atoms with van der Waals surface area (Å²) in [7, 11) is -3.01. The van der Waals surface area contributed by atoms with Crippen LogP contribution in [-0.4, -0.2) is 65.0 Å². The van der Waals surface area contributed by atoms with E-state index in [-0.39, 0.29) is 29.6 Å². The molecule has 33 heavy (non-hydrogen) atoms. The van der Waals surface area contributed by atoms with Gasteiger partial charge in [0.2, 0.25) is 16.0 Å². The van der Waals surface area contributed by atoms with Crippen molar-refractivity contribution in [1.29, 1.82) is 0 Å². The molecule has 0 unspecified atom stereocenters. The van der Waals surface area contributed by atoms with Crippen molar-refractivity contribution in [3.8, 4) is 0 Å². The van der Waals surface area contributed by atoms with E-state index in [1.807, 2.05) is 0 Å². The topological polar surface area (TPSA) is 116 Å². The molecule has 0 aliphatic carbocycles. The van der Waals surface area contributed by atoms with Crippen LogP contribution in [0.2, 0.25) is 18.1 Å². The number of allylic oxidation sites excluding steroid dienone is 1. The molecular weight excluding hydrogens is 462 g/mol. The number of esters is 1. The van der Waals surface area contributed by atoms with Gasteiger partial charge in [0.25, 0.3) is 0 Å². The van der Waals surface area contributed by atoms with E-state index in [2.05, 4.69) is 43.8 Å². The summed E-state index contributed by atoms with van der Waals surface area (Å²) < 4.78 is 35.6. The van der Waals surface area contributed by atoms with Gasteiger partial charge in [-0.1, -0.05) is 20.8 Å². The molecule has 0 aromatic carbocycles. The fourth-order valence-electron chi connectivity index (χ4n) is 2.72. The first-order valence-electron chi connectivity index (χ1n) is 10.6. The van der Waals surface area contributed by atoms with Crippen LogP contribution in [0.3, 0.4) is 0 Å². The standard InChI is InChI=1S/C22H37N3O6SSi/c1-15-19(16(2)24-21(23-15)25(6)32(8,28)29)12-11-17(26)13-18(14-20(27)30-7)31-33(9,10)22(3,4)5/h11-12,18H,13-14H2,1-10H3/b12-11+/t18-/m1/s1. The van der Waals surface area contributed by atoms with Crippen LogP contribution in [0.25, 0.3) is 6.08 Å². The molecule has 11 heteroatoms. The zero-order valence-corrected chi connectivity index (χ0v) is 23.2. The van der Waals surface area contributed by atoms with Gasteiger partial charge in [-0.2, -0.15) is 0 Å². The molecule has 0 aliphatic rings. The van der Waals surface area contributed by atoms with Crippen LogP contribution in [0.1, 0.15) is 50.6 Å². The van der Waals surface area contributed by atoms with E-state index in [0.717, 1.165) is 10.6 Å². The fraction of sp³-hybridized carbons (Fsp3) is 0.636. The Morgan fingerprint density at radius 2 is 1.64 bits per heavy atom. The Balaban J connectivity index is 3.09. The number of hydrogen-bond acceptors (Lipinski definition) is 8. The summed E-state index contributed by atoms with van der Waals surface area (Å²) in [5.74, 6) is -0.572. The predicted molar refractivity (Wildman–Crippen MR) is 132 cm³/mol. The molecule has 1 atom stereocenters. The first-order chi connectivity index (χ1) is 14.9. The number of aryl methyl sites for hydroxylation is 2. The lowest BCUT2D eigenvalue weighted by atomic mass is 10.1. The van der Waals surface area contributed by atoms with Crippen LogP contribution in [0, 0.1) is 13.8 Å². The van der Waals surface area contributed by atoms with Gasteiger partial charge >= 0.3 is 5.97 Å². The number of hydrogen-bond donors (Lipinski definition) is 0. The number of anilines is 1. The molecule has 1 aromatic rings. The maximum Gasteiger partial charge on any atom is 0.308 e. The van der Waals surface area contributed by atoms with Crippen molar-refractivity contribution in [3.63, 3.8) is 0 Å². The molecule has 0 radical (unpaired) electrons. The predicted octanol–water partition coefficient (Wildman–Crippen LogP) is 3.42. The minimum absolute atomic E-state index is 0.00369. The number of ether oxygens (including phenoxy) is 1. The Kier molecular flexibility index (Phi) is 9.53. The zero-order chi connectivity index (χ0) is 25.8. The summed E-state index contributed by atoms with van der Waals surface area (Å²) in [5, 5.41) is -0.0767. The maximum absolute atomic E-state index is 12.7. The minimum Gasteiger partial charge on any atom is -0.469 e. The molecule has 186 valence electrons. The van der Waals surface area contributed by atoms with Crippen LogP contribution in [-0.2, 0) is 28.8 Å². The lowest BCUT2D eigenvalue weighted by Crippen LogP contribution is -2.44. The summed E-state index contributed by atoms with van der Waals surface area (Å²) in [4.78, 5) is 33.1. The molecule has 0 N–H and O–H groups in total. The first-order valence-corrected chi connectivity index (χ1v) is 15.4. The summed E-state index contributed by atoms with van der Waals surface area (Å²) >= 11 is 0. The van der Waals surface area contributed by atoms with Gasteiger partial charge in [-0.15, -0.1) is 0 Å². The van der Waals surface area contributed by atoms with Crippen LogP contribution in [0.15, 0.2) is 6.08 Å². The van der Waals surface area contributed by atoms with Crippen molar-refractivity contribution in [1.82, 2.24) is 9.97 Å².